The normalized spacial score (nSPS) is 11.1. The van der Waals surface area contributed by atoms with Gasteiger partial charge in [-0.25, -0.2) is 8.42 Å². The second kappa shape index (κ2) is 8.11. The van der Waals surface area contributed by atoms with Gasteiger partial charge in [0.15, 0.2) is 0 Å². The van der Waals surface area contributed by atoms with Crippen molar-refractivity contribution in [3.63, 3.8) is 0 Å². The Labute approximate surface area is 142 Å². The Morgan fingerprint density at radius 1 is 1.25 bits per heavy atom. The molecule has 0 aliphatic carbocycles. The zero-order valence-corrected chi connectivity index (χ0v) is 14.4. The van der Waals surface area contributed by atoms with Gasteiger partial charge in [-0.1, -0.05) is 11.8 Å². The third kappa shape index (κ3) is 5.90. The van der Waals surface area contributed by atoms with E-state index in [2.05, 4.69) is 15.2 Å². The van der Waals surface area contributed by atoms with Gasteiger partial charge in [0.1, 0.15) is 0 Å². The molecule has 7 nitrogen and oxygen atoms in total. The average molecular weight is 323 g/mol. The summed E-state index contributed by atoms with van der Waals surface area (Å²) in [7, 11) is -4.15. The number of pyridine rings is 1. The van der Waals surface area contributed by atoms with Crippen molar-refractivity contribution < 1.29 is 46.9 Å². The molecular formula is C10H10N3NaO4S2. The second-order valence-corrected chi connectivity index (χ2v) is 6.14. The third-order valence-electron chi connectivity index (χ3n) is 2.10. The molecule has 2 heterocycles. The van der Waals surface area contributed by atoms with E-state index in [0.717, 1.165) is 5.56 Å². The number of hydrogen-bond donors (Lipinski definition) is 0. The standard InChI is InChI=1S/C10H11N3O4S2.Na/c14-19(15,16)7-1-6-18-10-13-12-9(17-10)8-2-4-11-5-3-8;/h2-5H,1,6-7H2,(H,14,15,16);/q;+1/p-1. The van der Waals surface area contributed by atoms with Gasteiger partial charge in [0, 0.05) is 29.5 Å². The summed E-state index contributed by atoms with van der Waals surface area (Å²) >= 11 is 1.22. The van der Waals surface area contributed by atoms with E-state index in [0.29, 0.717) is 16.9 Å². The summed E-state index contributed by atoms with van der Waals surface area (Å²) in [6, 6.07) is 3.48. The van der Waals surface area contributed by atoms with Crippen LogP contribution in [0.15, 0.2) is 34.2 Å². The molecular weight excluding hydrogens is 313 g/mol. The smallest absolute Gasteiger partial charge is 0.748 e. The summed E-state index contributed by atoms with van der Waals surface area (Å²) in [6.45, 7) is 0. The summed E-state index contributed by atoms with van der Waals surface area (Å²) in [5.41, 5.74) is 0.761. The van der Waals surface area contributed by atoms with E-state index in [1.807, 2.05) is 0 Å². The van der Waals surface area contributed by atoms with Crippen LogP contribution in [0.25, 0.3) is 11.5 Å². The number of aromatic nitrogens is 3. The van der Waals surface area contributed by atoms with Gasteiger partial charge in [0.05, 0.1) is 10.1 Å². The van der Waals surface area contributed by atoms with Gasteiger partial charge in [-0.2, -0.15) is 0 Å². The number of hydrogen-bond acceptors (Lipinski definition) is 8. The summed E-state index contributed by atoms with van der Waals surface area (Å²) in [5, 5.41) is 8.04. The summed E-state index contributed by atoms with van der Waals surface area (Å²) in [4.78, 5) is 3.88. The molecule has 0 atom stereocenters. The SMILES string of the molecule is O=S(=O)([O-])CCCSc1nnc(-c2ccncc2)o1.[Na+]. The molecule has 20 heavy (non-hydrogen) atoms. The maximum atomic E-state index is 10.4. The minimum atomic E-state index is -4.15. The molecule has 0 N–H and O–H groups in total. The topological polar surface area (TPSA) is 109 Å². The van der Waals surface area contributed by atoms with E-state index >= 15 is 0 Å². The van der Waals surface area contributed by atoms with Crippen molar-refractivity contribution in [2.24, 2.45) is 0 Å². The first-order chi connectivity index (χ1) is 9.04. The van der Waals surface area contributed by atoms with Crippen molar-refractivity contribution in [2.75, 3.05) is 11.5 Å². The molecule has 0 amide bonds. The first-order valence-corrected chi connectivity index (χ1v) is 7.91. The fourth-order valence-corrected chi connectivity index (χ4v) is 2.65. The molecule has 10 heteroatoms. The molecule has 0 fully saturated rings. The van der Waals surface area contributed by atoms with E-state index in [1.165, 1.54) is 11.8 Å². The molecule has 2 aromatic rings. The Balaban J connectivity index is 0.00000200. The molecule has 2 rings (SSSR count). The third-order valence-corrected chi connectivity index (χ3v) is 3.79. The van der Waals surface area contributed by atoms with Gasteiger partial charge in [-0.3, -0.25) is 4.98 Å². The predicted octanol–water partition coefficient (Wildman–Crippen LogP) is -1.84. The molecule has 2 aromatic heterocycles. The zero-order chi connectivity index (χ0) is 13.7. The summed E-state index contributed by atoms with van der Waals surface area (Å²) in [6.07, 6.45) is 3.49. The maximum absolute atomic E-state index is 10.4. The predicted molar refractivity (Wildman–Crippen MR) is 67.4 cm³/mol. The molecule has 0 aliphatic heterocycles. The van der Waals surface area contributed by atoms with Gasteiger partial charge < -0.3 is 8.97 Å². The maximum Gasteiger partial charge on any atom is 1.00 e. The second-order valence-electron chi connectivity index (χ2n) is 3.57. The van der Waals surface area contributed by atoms with Crippen LogP contribution in [0.3, 0.4) is 0 Å². The van der Waals surface area contributed by atoms with Crippen LogP contribution < -0.4 is 29.6 Å². The van der Waals surface area contributed by atoms with Gasteiger partial charge in [-0.15, -0.1) is 10.2 Å². The first kappa shape index (κ1) is 17.6. The van der Waals surface area contributed by atoms with Crippen LogP contribution in [-0.4, -0.2) is 39.7 Å². The molecule has 0 aliphatic rings. The molecule has 0 saturated carbocycles. The Hall–Kier alpha value is -0.450. The van der Waals surface area contributed by atoms with Crippen LogP contribution in [0.1, 0.15) is 6.42 Å². The molecule has 0 spiro atoms. The van der Waals surface area contributed by atoms with Crippen LogP contribution in [-0.2, 0) is 10.1 Å². The Morgan fingerprint density at radius 2 is 1.95 bits per heavy atom. The van der Waals surface area contributed by atoms with Crippen LogP contribution in [0.5, 0.6) is 0 Å². The number of rotatable bonds is 6. The van der Waals surface area contributed by atoms with E-state index < -0.39 is 10.1 Å². The Morgan fingerprint density at radius 3 is 2.60 bits per heavy atom. The van der Waals surface area contributed by atoms with Crippen LogP contribution in [0.4, 0.5) is 0 Å². The molecule has 0 saturated heterocycles. The van der Waals surface area contributed by atoms with E-state index in [9.17, 15) is 13.0 Å². The van der Waals surface area contributed by atoms with E-state index in [-0.39, 0.29) is 41.7 Å². The van der Waals surface area contributed by atoms with Crippen molar-refractivity contribution in [3.05, 3.63) is 24.5 Å². The minimum absolute atomic E-state index is 0. The Bertz CT molecular complexity index is 633. The van der Waals surface area contributed by atoms with E-state index in [4.69, 9.17) is 4.42 Å². The van der Waals surface area contributed by atoms with E-state index in [1.54, 1.807) is 24.5 Å². The molecule has 0 bridgehead atoms. The van der Waals surface area contributed by atoms with Gasteiger partial charge >= 0.3 is 29.6 Å². The summed E-state index contributed by atoms with van der Waals surface area (Å²) < 4.78 is 36.6. The van der Waals surface area contributed by atoms with Crippen molar-refractivity contribution in [1.29, 1.82) is 0 Å². The Kier molecular flexibility index (Phi) is 7.13. The number of thioether (sulfide) groups is 1. The van der Waals surface area contributed by atoms with Crippen LogP contribution in [0.2, 0.25) is 0 Å². The van der Waals surface area contributed by atoms with Crippen molar-refractivity contribution in [2.45, 2.75) is 11.6 Å². The van der Waals surface area contributed by atoms with Gasteiger partial charge in [0.2, 0.25) is 5.89 Å². The molecule has 0 aromatic carbocycles. The van der Waals surface area contributed by atoms with Crippen molar-refractivity contribution >= 4 is 21.9 Å². The zero-order valence-electron chi connectivity index (χ0n) is 10.7. The first-order valence-electron chi connectivity index (χ1n) is 5.35. The van der Waals surface area contributed by atoms with Crippen LogP contribution in [0, 0.1) is 0 Å². The molecule has 102 valence electrons. The number of nitrogens with zero attached hydrogens (tertiary/aromatic N) is 3. The van der Waals surface area contributed by atoms with Crippen molar-refractivity contribution in [3.8, 4) is 11.5 Å². The summed E-state index contributed by atoms with van der Waals surface area (Å²) in [5.74, 6) is 0.423. The fraction of sp³-hybridized carbons (Fsp3) is 0.300. The largest absolute Gasteiger partial charge is 1.00 e. The van der Waals surface area contributed by atoms with Crippen molar-refractivity contribution in [1.82, 2.24) is 15.2 Å². The molecule has 0 radical (unpaired) electrons. The van der Waals surface area contributed by atoms with Gasteiger partial charge in [0.25, 0.3) is 5.22 Å². The quantitative estimate of drug-likeness (QED) is 0.264. The minimum Gasteiger partial charge on any atom is -0.748 e. The fourth-order valence-electron chi connectivity index (χ4n) is 1.27. The average Bonchev–Trinajstić information content (AvgIpc) is 2.83. The molecule has 0 unspecified atom stereocenters. The van der Waals surface area contributed by atoms with Gasteiger partial charge in [-0.05, 0) is 18.6 Å². The monoisotopic (exact) mass is 323 g/mol. The van der Waals surface area contributed by atoms with Crippen LogP contribution >= 0.6 is 11.8 Å².